The van der Waals surface area contributed by atoms with E-state index in [9.17, 15) is 4.79 Å². The summed E-state index contributed by atoms with van der Waals surface area (Å²) in [5.74, 6) is 0.387. The van der Waals surface area contributed by atoms with Gasteiger partial charge in [-0.25, -0.2) is 9.97 Å². The van der Waals surface area contributed by atoms with Crippen LogP contribution in [0.5, 0.6) is 0 Å². The number of thioether (sulfide) groups is 1. The minimum atomic E-state index is 0.0189. The molecule has 0 fully saturated rings. The molecule has 7 heteroatoms. The molecular formula is C13H11N3OS3. The maximum Gasteiger partial charge on any atom is 0.230 e. The van der Waals surface area contributed by atoms with Crippen LogP contribution >= 0.6 is 34.4 Å². The number of carbonyl (C=O) groups is 1. The number of fused-ring (bicyclic) bond motifs is 1. The first-order chi connectivity index (χ1) is 9.83. The molecule has 0 aliphatic rings. The zero-order valence-electron chi connectivity index (χ0n) is 10.4. The Morgan fingerprint density at radius 3 is 3.05 bits per heavy atom. The summed E-state index contributed by atoms with van der Waals surface area (Å²) < 4.78 is 0. The monoisotopic (exact) mass is 321 g/mol. The predicted molar refractivity (Wildman–Crippen MR) is 84.3 cm³/mol. The van der Waals surface area contributed by atoms with Crippen molar-refractivity contribution in [3.63, 3.8) is 0 Å². The van der Waals surface area contributed by atoms with E-state index in [0.29, 0.717) is 12.3 Å². The highest BCUT2D eigenvalue weighted by Crippen LogP contribution is 2.27. The number of hydrogen-bond donors (Lipinski definition) is 1. The molecule has 0 bridgehead atoms. The largest absolute Gasteiger partial charge is 0.350 e. The summed E-state index contributed by atoms with van der Waals surface area (Å²) in [6.07, 6.45) is 1.55. The molecule has 3 heterocycles. The molecule has 3 rings (SSSR count). The van der Waals surface area contributed by atoms with Crippen LogP contribution in [0.2, 0.25) is 0 Å². The van der Waals surface area contributed by atoms with Gasteiger partial charge in [-0.15, -0.1) is 22.7 Å². The molecule has 102 valence electrons. The van der Waals surface area contributed by atoms with Gasteiger partial charge in [0, 0.05) is 10.3 Å². The molecule has 1 amide bonds. The van der Waals surface area contributed by atoms with Crippen molar-refractivity contribution >= 4 is 50.6 Å². The topological polar surface area (TPSA) is 54.9 Å². The van der Waals surface area contributed by atoms with Gasteiger partial charge in [-0.1, -0.05) is 17.8 Å². The molecule has 0 saturated heterocycles. The van der Waals surface area contributed by atoms with Crippen LogP contribution in [-0.2, 0) is 11.3 Å². The summed E-state index contributed by atoms with van der Waals surface area (Å²) in [7, 11) is 0. The summed E-state index contributed by atoms with van der Waals surface area (Å²) in [4.78, 5) is 22.4. The lowest BCUT2D eigenvalue weighted by Gasteiger charge is -2.04. The van der Waals surface area contributed by atoms with Crippen LogP contribution in [0.15, 0.2) is 40.3 Å². The van der Waals surface area contributed by atoms with E-state index in [2.05, 4.69) is 15.3 Å². The van der Waals surface area contributed by atoms with Crippen LogP contribution in [0.3, 0.4) is 0 Å². The van der Waals surface area contributed by atoms with E-state index in [4.69, 9.17) is 0 Å². The van der Waals surface area contributed by atoms with Gasteiger partial charge in [0.05, 0.1) is 12.3 Å². The van der Waals surface area contributed by atoms with Gasteiger partial charge in [0.2, 0.25) is 5.91 Å². The molecule has 4 nitrogen and oxygen atoms in total. The number of nitrogens with one attached hydrogen (secondary N) is 1. The molecule has 3 aromatic rings. The smallest absolute Gasteiger partial charge is 0.230 e. The summed E-state index contributed by atoms with van der Waals surface area (Å²) in [5, 5.41) is 8.78. The van der Waals surface area contributed by atoms with Crippen molar-refractivity contribution in [1.29, 1.82) is 0 Å². The Kier molecular flexibility index (Phi) is 4.29. The molecule has 0 unspecified atom stereocenters. The van der Waals surface area contributed by atoms with Gasteiger partial charge < -0.3 is 5.32 Å². The van der Waals surface area contributed by atoms with Crippen molar-refractivity contribution in [2.75, 3.05) is 5.75 Å². The highest BCUT2D eigenvalue weighted by atomic mass is 32.2. The number of aromatic nitrogens is 2. The number of thiophene rings is 2. The second kappa shape index (κ2) is 6.34. The zero-order valence-corrected chi connectivity index (χ0v) is 12.9. The lowest BCUT2D eigenvalue weighted by Crippen LogP contribution is -2.24. The third-order valence-electron chi connectivity index (χ3n) is 2.61. The van der Waals surface area contributed by atoms with Gasteiger partial charge in [0.1, 0.15) is 16.2 Å². The molecular weight excluding hydrogens is 310 g/mol. The van der Waals surface area contributed by atoms with Crippen molar-refractivity contribution < 1.29 is 4.79 Å². The molecule has 1 N–H and O–H groups in total. The van der Waals surface area contributed by atoms with Crippen molar-refractivity contribution in [2.24, 2.45) is 0 Å². The van der Waals surface area contributed by atoms with E-state index < -0.39 is 0 Å². The van der Waals surface area contributed by atoms with Crippen molar-refractivity contribution in [1.82, 2.24) is 15.3 Å². The van der Waals surface area contributed by atoms with Gasteiger partial charge in [0.25, 0.3) is 0 Å². The van der Waals surface area contributed by atoms with Crippen LogP contribution in [0, 0.1) is 0 Å². The second-order valence-corrected chi connectivity index (χ2v) is 6.85. The summed E-state index contributed by atoms with van der Waals surface area (Å²) >= 11 is 4.67. The molecule has 0 spiro atoms. The average molecular weight is 321 g/mol. The second-order valence-electron chi connectivity index (χ2n) is 3.96. The number of amides is 1. The van der Waals surface area contributed by atoms with E-state index in [0.717, 1.165) is 20.1 Å². The first-order valence-electron chi connectivity index (χ1n) is 5.93. The molecule has 0 aromatic carbocycles. The normalized spacial score (nSPS) is 10.8. The zero-order chi connectivity index (χ0) is 13.8. The van der Waals surface area contributed by atoms with Gasteiger partial charge in [0.15, 0.2) is 0 Å². The van der Waals surface area contributed by atoms with Crippen molar-refractivity contribution in [2.45, 2.75) is 11.6 Å². The Balaban J connectivity index is 1.56. The molecule has 0 radical (unpaired) electrons. The summed E-state index contributed by atoms with van der Waals surface area (Å²) in [6.45, 7) is 0.592. The van der Waals surface area contributed by atoms with E-state index in [1.54, 1.807) is 29.0 Å². The van der Waals surface area contributed by atoms with Gasteiger partial charge in [-0.2, -0.15) is 0 Å². The van der Waals surface area contributed by atoms with Crippen molar-refractivity contribution in [3.05, 3.63) is 40.2 Å². The van der Waals surface area contributed by atoms with Gasteiger partial charge in [-0.3, -0.25) is 4.79 Å². The van der Waals surface area contributed by atoms with Crippen LogP contribution in [0.4, 0.5) is 0 Å². The van der Waals surface area contributed by atoms with Crippen LogP contribution in [-0.4, -0.2) is 21.6 Å². The lowest BCUT2D eigenvalue weighted by molar-refractivity contribution is -0.118. The molecule has 0 aliphatic carbocycles. The Morgan fingerprint density at radius 2 is 2.20 bits per heavy atom. The van der Waals surface area contributed by atoms with E-state index in [-0.39, 0.29) is 5.91 Å². The van der Waals surface area contributed by atoms with Gasteiger partial charge >= 0.3 is 0 Å². The third kappa shape index (κ3) is 3.17. The highest BCUT2D eigenvalue weighted by Gasteiger charge is 2.08. The number of rotatable bonds is 5. The van der Waals surface area contributed by atoms with E-state index >= 15 is 0 Å². The van der Waals surface area contributed by atoms with Crippen LogP contribution in [0.1, 0.15) is 4.88 Å². The Bertz CT molecular complexity index is 709. The minimum absolute atomic E-state index is 0.0189. The van der Waals surface area contributed by atoms with Crippen LogP contribution in [0.25, 0.3) is 10.2 Å². The SMILES string of the molecule is O=C(CSc1ncnc2sccc12)NCc1cccs1. The first kappa shape index (κ1) is 13.5. The first-order valence-corrected chi connectivity index (χ1v) is 8.67. The number of carbonyl (C=O) groups excluding carboxylic acids is 1. The van der Waals surface area contributed by atoms with E-state index in [1.807, 2.05) is 29.0 Å². The molecule has 3 aromatic heterocycles. The standard InChI is InChI=1S/C13H11N3OS3/c17-11(14-6-9-2-1-4-18-9)7-20-13-10-3-5-19-12(10)15-8-16-13/h1-5,8H,6-7H2,(H,14,17). The maximum absolute atomic E-state index is 11.8. The van der Waals surface area contributed by atoms with E-state index in [1.165, 1.54) is 11.8 Å². The van der Waals surface area contributed by atoms with Crippen molar-refractivity contribution in [3.8, 4) is 0 Å². The fourth-order valence-corrected chi connectivity index (χ4v) is 3.92. The van der Waals surface area contributed by atoms with Gasteiger partial charge in [-0.05, 0) is 22.9 Å². The lowest BCUT2D eigenvalue weighted by atomic mass is 10.4. The molecule has 20 heavy (non-hydrogen) atoms. The molecule has 0 saturated carbocycles. The minimum Gasteiger partial charge on any atom is -0.350 e. The fraction of sp³-hybridized carbons (Fsp3) is 0.154. The highest BCUT2D eigenvalue weighted by molar-refractivity contribution is 8.00. The molecule has 0 atom stereocenters. The molecule has 0 aliphatic heterocycles. The number of nitrogens with zero attached hydrogens (tertiary/aromatic N) is 2. The number of hydrogen-bond acceptors (Lipinski definition) is 6. The third-order valence-corrected chi connectivity index (χ3v) is 5.31. The summed E-state index contributed by atoms with van der Waals surface area (Å²) in [6, 6.07) is 5.98. The Labute approximate surface area is 128 Å². The Morgan fingerprint density at radius 1 is 1.25 bits per heavy atom. The quantitative estimate of drug-likeness (QED) is 0.579. The van der Waals surface area contributed by atoms with Crippen LogP contribution < -0.4 is 5.32 Å². The predicted octanol–water partition coefficient (Wildman–Crippen LogP) is 3.16. The maximum atomic E-state index is 11.8. The average Bonchev–Trinajstić information content (AvgIpc) is 3.13. The summed E-state index contributed by atoms with van der Waals surface area (Å²) in [5.41, 5.74) is 0. The fourth-order valence-electron chi connectivity index (χ4n) is 1.67. The Hall–Kier alpha value is -1.44.